The molecule has 20 heavy (non-hydrogen) atoms. The van der Waals surface area contributed by atoms with Gasteiger partial charge in [-0.1, -0.05) is 53.8 Å². The fourth-order valence-corrected chi connectivity index (χ4v) is 3.31. The van der Waals surface area contributed by atoms with Gasteiger partial charge in [0.25, 0.3) is 0 Å². The Balaban J connectivity index is 2.15. The van der Waals surface area contributed by atoms with Gasteiger partial charge < -0.3 is 0 Å². The van der Waals surface area contributed by atoms with Crippen LogP contribution in [0.2, 0.25) is 10.0 Å². The molecule has 2 nitrogen and oxygen atoms in total. The molecule has 1 atom stereocenters. The Morgan fingerprint density at radius 2 is 1.80 bits per heavy atom. The summed E-state index contributed by atoms with van der Waals surface area (Å²) in [6.45, 7) is 0. The van der Waals surface area contributed by atoms with Crippen LogP contribution >= 0.6 is 23.2 Å². The predicted molar refractivity (Wildman–Crippen MR) is 87.1 cm³/mol. The van der Waals surface area contributed by atoms with Crippen LogP contribution in [0.25, 0.3) is 0 Å². The number of allylic oxidation sites excluding steroid dienone is 1. The van der Waals surface area contributed by atoms with Crippen LogP contribution in [0.3, 0.4) is 0 Å². The number of halogens is 2. The second-order valence-corrected chi connectivity index (χ2v) is 6.17. The van der Waals surface area contributed by atoms with Crippen molar-refractivity contribution in [1.29, 1.82) is 0 Å². The van der Waals surface area contributed by atoms with E-state index in [1.54, 1.807) is 0 Å². The third kappa shape index (κ3) is 4.23. The summed E-state index contributed by atoms with van der Waals surface area (Å²) < 4.78 is 0. The maximum Gasteiger partial charge on any atom is 0.0461 e. The lowest BCUT2D eigenvalue weighted by molar-refractivity contribution is 0.537. The van der Waals surface area contributed by atoms with E-state index in [9.17, 15) is 0 Å². The predicted octanol–water partition coefficient (Wildman–Crippen LogP) is 4.65. The van der Waals surface area contributed by atoms with Crippen LogP contribution < -0.4 is 11.3 Å². The van der Waals surface area contributed by atoms with Gasteiger partial charge in [-0.3, -0.25) is 11.3 Å². The summed E-state index contributed by atoms with van der Waals surface area (Å²) in [4.78, 5) is 0. The maximum atomic E-state index is 6.26. The van der Waals surface area contributed by atoms with Crippen LogP contribution in [-0.2, 0) is 6.42 Å². The Bertz CT molecular complexity index is 451. The molecule has 0 saturated carbocycles. The van der Waals surface area contributed by atoms with E-state index in [0.717, 1.165) is 24.8 Å². The van der Waals surface area contributed by atoms with Crippen molar-refractivity contribution in [2.45, 2.75) is 51.0 Å². The summed E-state index contributed by atoms with van der Waals surface area (Å²) in [7, 11) is 0. The van der Waals surface area contributed by atoms with Crippen molar-refractivity contribution < 1.29 is 0 Å². The highest BCUT2D eigenvalue weighted by molar-refractivity contribution is 6.36. The van der Waals surface area contributed by atoms with E-state index in [0.29, 0.717) is 10.0 Å². The zero-order valence-corrected chi connectivity index (χ0v) is 13.2. The molecule has 0 aromatic heterocycles. The lowest BCUT2D eigenvalue weighted by Crippen LogP contribution is -2.38. The number of rotatable bonds is 4. The number of hydrogen-bond acceptors (Lipinski definition) is 2. The molecule has 0 spiro atoms. The fourth-order valence-electron chi connectivity index (χ4n) is 2.76. The lowest BCUT2D eigenvalue weighted by Gasteiger charge is -2.22. The Morgan fingerprint density at radius 1 is 1.10 bits per heavy atom. The van der Waals surface area contributed by atoms with Crippen molar-refractivity contribution in [1.82, 2.24) is 5.43 Å². The molecule has 0 fully saturated rings. The summed E-state index contributed by atoms with van der Waals surface area (Å²) in [5.41, 5.74) is 5.30. The number of nitrogens with two attached hydrogens (primary N) is 1. The Kier molecular flexibility index (Phi) is 6.37. The molecule has 0 bridgehead atoms. The standard InChI is InChI=1S/C16H22Cl2N2/c17-14-9-6-10-15(18)13(14)11-16(20-19)12-7-4-2-1-3-5-8-12/h6-7,9-10,16,20H,1-5,8,11,19H2/b12-7+. The third-order valence-electron chi connectivity index (χ3n) is 3.94. The van der Waals surface area contributed by atoms with Crippen LogP contribution in [0.1, 0.15) is 44.1 Å². The second-order valence-electron chi connectivity index (χ2n) is 5.36. The minimum Gasteiger partial charge on any atom is -0.271 e. The average molecular weight is 313 g/mol. The number of benzene rings is 1. The van der Waals surface area contributed by atoms with Crippen LogP contribution in [0.15, 0.2) is 29.8 Å². The largest absolute Gasteiger partial charge is 0.271 e. The average Bonchev–Trinajstić information content (AvgIpc) is 2.39. The topological polar surface area (TPSA) is 38.0 Å². The first-order valence-corrected chi connectivity index (χ1v) is 8.06. The summed E-state index contributed by atoms with van der Waals surface area (Å²) in [5.74, 6) is 5.76. The van der Waals surface area contributed by atoms with Gasteiger partial charge in [-0.25, -0.2) is 0 Å². The Hall–Kier alpha value is -0.540. The van der Waals surface area contributed by atoms with E-state index in [2.05, 4.69) is 11.5 Å². The van der Waals surface area contributed by atoms with Crippen molar-refractivity contribution in [3.63, 3.8) is 0 Å². The highest BCUT2D eigenvalue weighted by atomic mass is 35.5. The first kappa shape index (κ1) is 15.8. The summed E-state index contributed by atoms with van der Waals surface area (Å²) in [5, 5.41) is 1.42. The van der Waals surface area contributed by atoms with Gasteiger partial charge in [-0.2, -0.15) is 0 Å². The molecule has 0 amide bonds. The normalized spacial score (nSPS) is 20.6. The zero-order valence-electron chi connectivity index (χ0n) is 11.7. The molecule has 2 rings (SSSR count). The summed E-state index contributed by atoms with van der Waals surface area (Å²) in [6, 6.07) is 5.74. The minimum atomic E-state index is 0.116. The Labute approximate surface area is 131 Å². The van der Waals surface area contributed by atoms with Gasteiger partial charge in [0, 0.05) is 16.1 Å². The molecule has 0 radical (unpaired) electrons. The van der Waals surface area contributed by atoms with Crippen LogP contribution in [-0.4, -0.2) is 6.04 Å². The molecular formula is C16H22Cl2N2. The first-order chi connectivity index (χ1) is 9.72. The van der Waals surface area contributed by atoms with E-state index in [4.69, 9.17) is 29.0 Å². The van der Waals surface area contributed by atoms with Crippen molar-refractivity contribution >= 4 is 23.2 Å². The molecule has 3 N–H and O–H groups in total. The second kappa shape index (κ2) is 8.04. The van der Waals surface area contributed by atoms with Crippen molar-refractivity contribution in [2.75, 3.05) is 0 Å². The molecule has 1 aliphatic carbocycles. The van der Waals surface area contributed by atoms with Crippen LogP contribution in [0, 0.1) is 0 Å². The van der Waals surface area contributed by atoms with Gasteiger partial charge in [0.05, 0.1) is 0 Å². The molecule has 0 saturated heterocycles. The third-order valence-corrected chi connectivity index (χ3v) is 4.65. The quantitative estimate of drug-likeness (QED) is 0.482. The Morgan fingerprint density at radius 3 is 2.50 bits per heavy atom. The maximum absolute atomic E-state index is 6.26. The van der Waals surface area contributed by atoms with Crippen molar-refractivity contribution in [3.05, 3.63) is 45.5 Å². The van der Waals surface area contributed by atoms with Gasteiger partial charge in [-0.15, -0.1) is 0 Å². The highest BCUT2D eigenvalue weighted by Gasteiger charge is 2.17. The molecule has 0 heterocycles. The molecular weight excluding hydrogens is 291 g/mol. The number of hydrogen-bond donors (Lipinski definition) is 2. The molecule has 110 valence electrons. The van der Waals surface area contributed by atoms with Crippen molar-refractivity contribution in [3.8, 4) is 0 Å². The molecule has 1 aromatic carbocycles. The van der Waals surface area contributed by atoms with E-state index >= 15 is 0 Å². The molecule has 0 aliphatic heterocycles. The molecule has 1 unspecified atom stereocenters. The van der Waals surface area contributed by atoms with Gasteiger partial charge in [0.1, 0.15) is 0 Å². The highest BCUT2D eigenvalue weighted by Crippen LogP contribution is 2.28. The van der Waals surface area contributed by atoms with Crippen molar-refractivity contribution in [2.24, 2.45) is 5.84 Å². The van der Waals surface area contributed by atoms with E-state index in [-0.39, 0.29) is 6.04 Å². The number of hydrazine groups is 1. The smallest absolute Gasteiger partial charge is 0.0461 e. The lowest BCUT2D eigenvalue weighted by atomic mass is 9.91. The monoisotopic (exact) mass is 312 g/mol. The van der Waals surface area contributed by atoms with E-state index < -0.39 is 0 Å². The van der Waals surface area contributed by atoms with Crippen LogP contribution in [0.5, 0.6) is 0 Å². The molecule has 1 aliphatic rings. The van der Waals surface area contributed by atoms with Gasteiger partial charge in [-0.05, 0) is 49.8 Å². The molecule has 1 aromatic rings. The first-order valence-electron chi connectivity index (χ1n) is 7.30. The number of nitrogens with one attached hydrogen (secondary N) is 1. The van der Waals surface area contributed by atoms with E-state index in [1.807, 2.05) is 18.2 Å². The van der Waals surface area contributed by atoms with E-state index in [1.165, 1.54) is 31.3 Å². The summed E-state index contributed by atoms with van der Waals surface area (Å²) in [6.07, 6.45) is 10.5. The van der Waals surface area contributed by atoms with Gasteiger partial charge >= 0.3 is 0 Å². The SMILES string of the molecule is NNC(Cc1c(Cl)cccc1Cl)/C1=C/CCCCCC1. The molecule has 4 heteroatoms. The summed E-state index contributed by atoms with van der Waals surface area (Å²) >= 11 is 12.5. The fraction of sp³-hybridized carbons (Fsp3) is 0.500. The van der Waals surface area contributed by atoms with Gasteiger partial charge in [0.15, 0.2) is 0 Å². The van der Waals surface area contributed by atoms with Gasteiger partial charge in [0.2, 0.25) is 0 Å². The van der Waals surface area contributed by atoms with Crippen LogP contribution in [0.4, 0.5) is 0 Å². The zero-order chi connectivity index (χ0) is 14.4. The minimum absolute atomic E-state index is 0.116.